The van der Waals surface area contributed by atoms with Crippen molar-refractivity contribution >= 4 is 17.3 Å². The lowest BCUT2D eigenvalue weighted by Crippen LogP contribution is -2.53. The van der Waals surface area contributed by atoms with Crippen LogP contribution >= 0.6 is 0 Å². The van der Waals surface area contributed by atoms with Crippen molar-refractivity contribution in [1.29, 1.82) is 0 Å². The number of carbonyl (C=O) groups excluding carboxylic acids is 1. The summed E-state index contributed by atoms with van der Waals surface area (Å²) in [4.78, 5) is 16.9. The van der Waals surface area contributed by atoms with Crippen molar-refractivity contribution in [3.8, 4) is 5.75 Å². The lowest BCUT2D eigenvalue weighted by Gasteiger charge is -2.42. The van der Waals surface area contributed by atoms with Crippen molar-refractivity contribution in [2.45, 2.75) is 39.2 Å². The Morgan fingerprint density at radius 3 is 2.48 bits per heavy atom. The van der Waals surface area contributed by atoms with Gasteiger partial charge < -0.3 is 25.0 Å². The van der Waals surface area contributed by atoms with Crippen molar-refractivity contribution in [3.05, 3.63) is 18.2 Å². The minimum Gasteiger partial charge on any atom is -0.495 e. The first-order chi connectivity index (χ1) is 12.7. The van der Waals surface area contributed by atoms with Crippen LogP contribution in [0.2, 0.25) is 0 Å². The summed E-state index contributed by atoms with van der Waals surface area (Å²) in [6.45, 7) is 10.6. The molecule has 27 heavy (non-hydrogen) atoms. The molecule has 2 heterocycles. The van der Waals surface area contributed by atoms with Gasteiger partial charge in [-0.05, 0) is 51.7 Å². The number of anilines is 2. The van der Waals surface area contributed by atoms with Crippen LogP contribution in [-0.2, 0) is 9.53 Å². The molecule has 0 spiro atoms. The minimum atomic E-state index is -0.394. The van der Waals surface area contributed by atoms with E-state index in [2.05, 4.69) is 15.9 Å². The third kappa shape index (κ3) is 5.06. The Morgan fingerprint density at radius 1 is 1.22 bits per heavy atom. The van der Waals surface area contributed by atoms with Gasteiger partial charge in [0.1, 0.15) is 11.4 Å². The van der Waals surface area contributed by atoms with E-state index in [0.29, 0.717) is 11.6 Å². The van der Waals surface area contributed by atoms with E-state index in [0.717, 1.165) is 38.5 Å². The number of benzene rings is 1. The molecule has 0 bridgehead atoms. The molecular formula is C21H33N3O3. The van der Waals surface area contributed by atoms with Crippen molar-refractivity contribution < 1.29 is 14.3 Å². The second-order valence-corrected chi connectivity index (χ2v) is 8.81. The number of nitrogen functional groups attached to an aromatic ring is 1. The number of rotatable bonds is 5. The maximum absolute atomic E-state index is 12.1. The summed E-state index contributed by atoms with van der Waals surface area (Å²) >= 11 is 0. The number of hydrogen-bond donors (Lipinski definition) is 1. The van der Waals surface area contributed by atoms with E-state index in [1.807, 2.05) is 32.9 Å². The second-order valence-electron chi connectivity index (χ2n) is 8.81. The minimum absolute atomic E-state index is 0.0477. The van der Waals surface area contributed by atoms with E-state index in [1.165, 1.54) is 18.5 Å². The fraction of sp³-hybridized carbons (Fsp3) is 0.667. The fourth-order valence-corrected chi connectivity index (χ4v) is 3.89. The summed E-state index contributed by atoms with van der Waals surface area (Å²) in [7, 11) is 1.65. The Morgan fingerprint density at radius 2 is 1.89 bits per heavy atom. The third-order valence-corrected chi connectivity index (χ3v) is 5.41. The molecule has 0 aliphatic carbocycles. The molecule has 2 fully saturated rings. The van der Waals surface area contributed by atoms with Gasteiger partial charge >= 0.3 is 5.97 Å². The quantitative estimate of drug-likeness (QED) is 0.630. The zero-order valence-corrected chi connectivity index (χ0v) is 17.0. The number of esters is 1. The molecule has 0 amide bonds. The number of nitrogens with two attached hydrogens (primary N) is 1. The summed E-state index contributed by atoms with van der Waals surface area (Å²) in [5, 5.41) is 0. The highest BCUT2D eigenvalue weighted by atomic mass is 16.6. The van der Waals surface area contributed by atoms with E-state index in [1.54, 1.807) is 7.11 Å². The van der Waals surface area contributed by atoms with Gasteiger partial charge in [0, 0.05) is 44.5 Å². The van der Waals surface area contributed by atoms with Crippen LogP contribution in [-0.4, -0.2) is 56.3 Å². The highest BCUT2D eigenvalue weighted by molar-refractivity contribution is 5.74. The fourth-order valence-electron chi connectivity index (χ4n) is 3.89. The first kappa shape index (κ1) is 19.8. The largest absolute Gasteiger partial charge is 0.495 e. The molecule has 0 saturated carbocycles. The predicted octanol–water partition coefficient (Wildman–Crippen LogP) is 2.77. The average Bonchev–Trinajstić information content (AvgIpc) is 2.57. The molecule has 0 aromatic heterocycles. The number of nitrogens with zero attached hydrogens (tertiary/aromatic N) is 2. The van der Waals surface area contributed by atoms with Crippen LogP contribution in [0.25, 0.3) is 0 Å². The van der Waals surface area contributed by atoms with Gasteiger partial charge in [-0.3, -0.25) is 4.79 Å². The lowest BCUT2D eigenvalue weighted by molar-refractivity contribution is -0.166. The van der Waals surface area contributed by atoms with E-state index in [-0.39, 0.29) is 11.9 Å². The maximum Gasteiger partial charge on any atom is 0.312 e. The summed E-state index contributed by atoms with van der Waals surface area (Å²) in [5.74, 6) is 1.43. The molecule has 2 aliphatic rings. The summed E-state index contributed by atoms with van der Waals surface area (Å²) in [5.41, 5.74) is 7.37. The van der Waals surface area contributed by atoms with E-state index in [9.17, 15) is 4.79 Å². The molecule has 6 heteroatoms. The average molecular weight is 376 g/mol. The zero-order valence-electron chi connectivity index (χ0n) is 17.0. The molecule has 1 aromatic carbocycles. The molecule has 150 valence electrons. The van der Waals surface area contributed by atoms with E-state index >= 15 is 0 Å². The van der Waals surface area contributed by atoms with Crippen LogP contribution in [0, 0.1) is 11.8 Å². The summed E-state index contributed by atoms with van der Waals surface area (Å²) in [6, 6.07) is 6.01. The number of ether oxygens (including phenoxy) is 2. The number of methoxy groups -OCH3 is 1. The van der Waals surface area contributed by atoms with Gasteiger partial charge in [-0.2, -0.15) is 0 Å². The molecule has 6 nitrogen and oxygen atoms in total. The van der Waals surface area contributed by atoms with E-state index < -0.39 is 5.60 Å². The Hall–Kier alpha value is -1.95. The van der Waals surface area contributed by atoms with Crippen LogP contribution in [0.3, 0.4) is 0 Å². The van der Waals surface area contributed by atoms with Gasteiger partial charge in [0.25, 0.3) is 0 Å². The van der Waals surface area contributed by atoms with Crippen LogP contribution in [0.4, 0.5) is 11.4 Å². The van der Waals surface area contributed by atoms with Gasteiger partial charge in [0.2, 0.25) is 0 Å². The topological polar surface area (TPSA) is 68.0 Å². The highest BCUT2D eigenvalue weighted by Gasteiger charge is 2.36. The van der Waals surface area contributed by atoms with Gasteiger partial charge in [0.15, 0.2) is 0 Å². The summed E-state index contributed by atoms with van der Waals surface area (Å²) in [6.07, 6.45) is 2.33. The van der Waals surface area contributed by atoms with Crippen LogP contribution in [0.5, 0.6) is 5.75 Å². The number of hydrogen-bond acceptors (Lipinski definition) is 6. The molecule has 0 atom stereocenters. The Labute approximate surface area is 162 Å². The third-order valence-electron chi connectivity index (χ3n) is 5.41. The molecule has 0 unspecified atom stereocenters. The predicted molar refractivity (Wildman–Crippen MR) is 108 cm³/mol. The molecule has 2 N–H and O–H groups in total. The molecule has 3 rings (SSSR count). The van der Waals surface area contributed by atoms with E-state index in [4.69, 9.17) is 15.2 Å². The maximum atomic E-state index is 12.1. The molecule has 2 saturated heterocycles. The molecular weight excluding hydrogens is 342 g/mol. The number of carbonyl (C=O) groups is 1. The standard InChI is InChI=1S/C21H33N3O3/c1-21(2,3)27-20(25)16-13-23(14-16)12-15-7-9-24(10-8-15)17-5-6-18(22)19(11-17)26-4/h5-6,11,15-16H,7-10,12-14,22H2,1-4H3. The summed E-state index contributed by atoms with van der Waals surface area (Å²) < 4.78 is 10.8. The molecule has 2 aliphatic heterocycles. The van der Waals surface area contributed by atoms with Gasteiger partial charge in [-0.15, -0.1) is 0 Å². The highest BCUT2D eigenvalue weighted by Crippen LogP contribution is 2.31. The van der Waals surface area contributed by atoms with Crippen LogP contribution in [0.15, 0.2) is 18.2 Å². The van der Waals surface area contributed by atoms with Gasteiger partial charge in [0.05, 0.1) is 18.7 Å². The van der Waals surface area contributed by atoms with Crippen molar-refractivity contribution in [3.63, 3.8) is 0 Å². The monoisotopic (exact) mass is 375 g/mol. The number of piperidine rings is 1. The Bertz CT molecular complexity index is 657. The normalized spacial score (nSPS) is 19.6. The molecule has 1 aromatic rings. The number of likely N-dealkylation sites (tertiary alicyclic amines) is 1. The lowest BCUT2D eigenvalue weighted by atomic mass is 9.92. The first-order valence-electron chi connectivity index (χ1n) is 9.89. The van der Waals surface area contributed by atoms with Crippen LogP contribution in [0.1, 0.15) is 33.6 Å². The van der Waals surface area contributed by atoms with Crippen molar-refractivity contribution in [2.24, 2.45) is 11.8 Å². The Balaban J connectivity index is 1.41. The SMILES string of the molecule is COc1cc(N2CCC(CN3CC(C(=O)OC(C)(C)C)C3)CC2)ccc1N. The smallest absolute Gasteiger partial charge is 0.312 e. The molecule has 0 radical (unpaired) electrons. The van der Waals surface area contributed by atoms with Gasteiger partial charge in [-0.1, -0.05) is 0 Å². The first-order valence-corrected chi connectivity index (χ1v) is 9.89. The zero-order chi connectivity index (χ0) is 19.6. The second kappa shape index (κ2) is 7.97. The van der Waals surface area contributed by atoms with Crippen LogP contribution < -0.4 is 15.4 Å². The van der Waals surface area contributed by atoms with Crippen molar-refractivity contribution in [2.75, 3.05) is 50.5 Å². The Kier molecular flexibility index (Phi) is 5.84. The van der Waals surface area contributed by atoms with Gasteiger partial charge in [-0.25, -0.2) is 0 Å². The van der Waals surface area contributed by atoms with Crippen molar-refractivity contribution in [1.82, 2.24) is 4.90 Å².